The van der Waals surface area contributed by atoms with E-state index in [1.807, 2.05) is 37.3 Å². The highest BCUT2D eigenvalue weighted by atomic mass is 32.2. The zero-order chi connectivity index (χ0) is 13.2. The molecule has 0 aliphatic heterocycles. The lowest BCUT2D eigenvalue weighted by molar-refractivity contribution is 0.567. The number of benzene rings is 1. The average molecular weight is 265 g/mol. The predicted octanol–water partition coefficient (Wildman–Crippen LogP) is 1.46. The van der Waals surface area contributed by atoms with Gasteiger partial charge in [-0.05, 0) is 12.5 Å². The van der Waals surface area contributed by atoms with Gasteiger partial charge in [-0.3, -0.25) is 4.68 Å². The number of sulfonamides is 1. The molecule has 0 aliphatic rings. The van der Waals surface area contributed by atoms with Crippen LogP contribution in [0.2, 0.25) is 0 Å². The van der Waals surface area contributed by atoms with Crippen molar-refractivity contribution in [1.29, 1.82) is 0 Å². The number of hydrogen-bond donors (Lipinski definition) is 1. The first-order chi connectivity index (χ1) is 8.49. The Labute approximate surface area is 107 Å². The molecule has 0 spiro atoms. The van der Waals surface area contributed by atoms with Crippen molar-refractivity contribution in [2.24, 2.45) is 7.05 Å². The summed E-state index contributed by atoms with van der Waals surface area (Å²) in [4.78, 5) is 0.174. The van der Waals surface area contributed by atoms with Crippen LogP contribution < -0.4 is 4.72 Å². The summed E-state index contributed by atoms with van der Waals surface area (Å²) >= 11 is 0. The van der Waals surface area contributed by atoms with Gasteiger partial charge in [0.25, 0.3) is 0 Å². The van der Waals surface area contributed by atoms with Crippen molar-refractivity contribution < 1.29 is 8.42 Å². The molecule has 0 aliphatic carbocycles. The molecular formula is C12H15N3O2S. The molecule has 0 saturated carbocycles. The number of aryl methyl sites for hydroxylation is 1. The Bertz CT molecular complexity index is 620. The Balaban J connectivity index is 2.19. The summed E-state index contributed by atoms with van der Waals surface area (Å²) in [7, 11) is -1.84. The molecule has 0 fully saturated rings. The molecule has 1 atom stereocenters. The minimum Gasteiger partial charge on any atom is -0.274 e. The van der Waals surface area contributed by atoms with Crippen molar-refractivity contribution in [3.05, 3.63) is 48.3 Å². The molecule has 0 radical (unpaired) electrons. The SMILES string of the molecule is CC(NS(=O)(=O)c1cnn(C)c1)c1ccccc1. The van der Waals surface area contributed by atoms with Crippen LogP contribution in [0.25, 0.3) is 0 Å². The first-order valence-electron chi connectivity index (χ1n) is 5.55. The van der Waals surface area contributed by atoms with E-state index >= 15 is 0 Å². The Morgan fingerprint density at radius 3 is 2.50 bits per heavy atom. The third kappa shape index (κ3) is 2.77. The number of nitrogens with zero attached hydrogens (tertiary/aromatic N) is 2. The molecule has 1 heterocycles. The van der Waals surface area contributed by atoms with Crippen molar-refractivity contribution in [1.82, 2.24) is 14.5 Å². The molecule has 0 bridgehead atoms. The molecule has 2 rings (SSSR count). The highest BCUT2D eigenvalue weighted by Crippen LogP contribution is 2.15. The van der Waals surface area contributed by atoms with Crippen LogP contribution in [-0.4, -0.2) is 18.2 Å². The second-order valence-electron chi connectivity index (χ2n) is 4.10. The maximum Gasteiger partial charge on any atom is 0.244 e. The number of hydrogen-bond acceptors (Lipinski definition) is 3. The number of nitrogens with one attached hydrogen (secondary N) is 1. The van der Waals surface area contributed by atoms with E-state index in [2.05, 4.69) is 9.82 Å². The third-order valence-electron chi connectivity index (χ3n) is 2.62. The van der Waals surface area contributed by atoms with Gasteiger partial charge in [-0.25, -0.2) is 13.1 Å². The Morgan fingerprint density at radius 2 is 1.94 bits per heavy atom. The van der Waals surface area contributed by atoms with E-state index in [9.17, 15) is 8.42 Å². The van der Waals surface area contributed by atoms with Gasteiger partial charge in [0.1, 0.15) is 4.90 Å². The molecule has 0 amide bonds. The van der Waals surface area contributed by atoms with E-state index in [1.165, 1.54) is 17.1 Å². The van der Waals surface area contributed by atoms with Gasteiger partial charge in [0, 0.05) is 19.3 Å². The van der Waals surface area contributed by atoms with Gasteiger partial charge >= 0.3 is 0 Å². The van der Waals surface area contributed by atoms with Crippen LogP contribution in [-0.2, 0) is 17.1 Å². The molecular weight excluding hydrogens is 250 g/mol. The van der Waals surface area contributed by atoms with E-state index in [1.54, 1.807) is 7.05 Å². The molecule has 0 saturated heterocycles. The largest absolute Gasteiger partial charge is 0.274 e. The summed E-state index contributed by atoms with van der Waals surface area (Å²) in [6, 6.07) is 9.14. The van der Waals surface area contributed by atoms with Gasteiger partial charge in [0.05, 0.1) is 6.20 Å². The summed E-state index contributed by atoms with van der Waals surface area (Å²) in [5.41, 5.74) is 0.921. The first-order valence-corrected chi connectivity index (χ1v) is 7.03. The van der Waals surface area contributed by atoms with E-state index in [0.29, 0.717) is 0 Å². The van der Waals surface area contributed by atoms with E-state index in [-0.39, 0.29) is 10.9 Å². The van der Waals surface area contributed by atoms with E-state index in [0.717, 1.165) is 5.56 Å². The van der Waals surface area contributed by atoms with Crippen LogP contribution >= 0.6 is 0 Å². The van der Waals surface area contributed by atoms with Crippen LogP contribution in [0.5, 0.6) is 0 Å². The second kappa shape index (κ2) is 4.91. The van der Waals surface area contributed by atoms with Crippen molar-refractivity contribution in [2.75, 3.05) is 0 Å². The summed E-state index contributed by atoms with van der Waals surface area (Å²) in [5.74, 6) is 0. The zero-order valence-corrected chi connectivity index (χ0v) is 11.1. The highest BCUT2D eigenvalue weighted by molar-refractivity contribution is 7.89. The lowest BCUT2D eigenvalue weighted by Crippen LogP contribution is -2.26. The van der Waals surface area contributed by atoms with Crippen LogP contribution in [0.4, 0.5) is 0 Å². The van der Waals surface area contributed by atoms with Gasteiger partial charge in [0.15, 0.2) is 0 Å². The van der Waals surface area contributed by atoms with Crippen molar-refractivity contribution in [3.63, 3.8) is 0 Å². The molecule has 1 unspecified atom stereocenters. The monoisotopic (exact) mass is 265 g/mol. The fourth-order valence-electron chi connectivity index (χ4n) is 1.65. The Morgan fingerprint density at radius 1 is 1.28 bits per heavy atom. The van der Waals surface area contributed by atoms with Crippen LogP contribution in [0, 0.1) is 0 Å². The van der Waals surface area contributed by atoms with Crippen molar-refractivity contribution in [3.8, 4) is 0 Å². The van der Waals surface area contributed by atoms with Gasteiger partial charge in [-0.2, -0.15) is 5.10 Å². The molecule has 6 heteroatoms. The number of rotatable bonds is 4. The maximum absolute atomic E-state index is 12.1. The summed E-state index contributed by atoms with van der Waals surface area (Å²) in [6.45, 7) is 1.81. The fraction of sp³-hybridized carbons (Fsp3) is 0.250. The standard InChI is InChI=1S/C12H15N3O2S/c1-10(11-6-4-3-5-7-11)14-18(16,17)12-8-13-15(2)9-12/h3-10,14H,1-2H3. The minimum absolute atomic E-state index is 0.174. The summed E-state index contributed by atoms with van der Waals surface area (Å²) in [6.07, 6.45) is 2.81. The molecule has 18 heavy (non-hydrogen) atoms. The van der Waals surface area contributed by atoms with Gasteiger partial charge in [-0.15, -0.1) is 0 Å². The van der Waals surface area contributed by atoms with Crippen LogP contribution in [0.15, 0.2) is 47.6 Å². The maximum atomic E-state index is 12.1. The number of aromatic nitrogens is 2. The Kier molecular flexibility index (Phi) is 3.49. The molecule has 96 valence electrons. The van der Waals surface area contributed by atoms with Gasteiger partial charge < -0.3 is 0 Å². The van der Waals surface area contributed by atoms with Gasteiger partial charge in [-0.1, -0.05) is 30.3 Å². The lowest BCUT2D eigenvalue weighted by Gasteiger charge is -2.13. The van der Waals surface area contributed by atoms with E-state index in [4.69, 9.17) is 0 Å². The average Bonchev–Trinajstić information content (AvgIpc) is 2.77. The van der Waals surface area contributed by atoms with Crippen LogP contribution in [0.3, 0.4) is 0 Å². The van der Waals surface area contributed by atoms with Crippen molar-refractivity contribution >= 4 is 10.0 Å². The van der Waals surface area contributed by atoms with Crippen LogP contribution in [0.1, 0.15) is 18.5 Å². The first kappa shape index (κ1) is 12.8. The quantitative estimate of drug-likeness (QED) is 0.910. The second-order valence-corrected chi connectivity index (χ2v) is 5.82. The topological polar surface area (TPSA) is 64.0 Å². The molecule has 2 aromatic rings. The minimum atomic E-state index is -3.52. The molecule has 1 aromatic carbocycles. The third-order valence-corrected chi connectivity index (χ3v) is 4.12. The van der Waals surface area contributed by atoms with Gasteiger partial charge in [0.2, 0.25) is 10.0 Å². The molecule has 1 N–H and O–H groups in total. The summed E-state index contributed by atoms with van der Waals surface area (Å²) < 4.78 is 28.2. The summed E-state index contributed by atoms with van der Waals surface area (Å²) in [5, 5.41) is 3.86. The smallest absolute Gasteiger partial charge is 0.244 e. The fourth-order valence-corrected chi connectivity index (χ4v) is 2.86. The molecule has 5 nitrogen and oxygen atoms in total. The van der Waals surface area contributed by atoms with E-state index < -0.39 is 10.0 Å². The predicted molar refractivity (Wildman–Crippen MR) is 68.4 cm³/mol. The lowest BCUT2D eigenvalue weighted by atomic mass is 10.1. The normalized spacial score (nSPS) is 13.4. The zero-order valence-electron chi connectivity index (χ0n) is 10.2. The highest BCUT2D eigenvalue weighted by Gasteiger charge is 2.19. The molecule has 1 aromatic heterocycles. The van der Waals surface area contributed by atoms with Crippen molar-refractivity contribution in [2.45, 2.75) is 17.9 Å². The Hall–Kier alpha value is -1.66.